The van der Waals surface area contributed by atoms with E-state index in [0.29, 0.717) is 17.1 Å². The van der Waals surface area contributed by atoms with Crippen LogP contribution in [0.4, 0.5) is 5.69 Å². The molecule has 4 rings (SSSR count). The molecule has 1 aromatic heterocycles. The molecule has 0 fully saturated rings. The van der Waals surface area contributed by atoms with E-state index in [-0.39, 0.29) is 37.1 Å². The smallest absolute Gasteiger partial charge is 0.254 e. The molecule has 3 amide bonds. The van der Waals surface area contributed by atoms with Crippen molar-refractivity contribution in [2.75, 3.05) is 5.32 Å². The van der Waals surface area contributed by atoms with Crippen LogP contribution in [-0.2, 0) is 16.1 Å². The molecule has 1 atom stereocenters. The van der Waals surface area contributed by atoms with E-state index >= 15 is 0 Å². The molecule has 8 nitrogen and oxygen atoms in total. The lowest BCUT2D eigenvalue weighted by Crippen LogP contribution is -2.42. The zero-order valence-corrected chi connectivity index (χ0v) is 15.9. The minimum Gasteiger partial charge on any atom is -0.349 e. The fourth-order valence-corrected chi connectivity index (χ4v) is 3.32. The molecule has 148 valence electrons. The molecule has 4 N–H and O–H groups in total. The van der Waals surface area contributed by atoms with Crippen LogP contribution in [0, 0.1) is 6.92 Å². The molecule has 1 aliphatic heterocycles. The molecular formula is C21H21N5O3. The summed E-state index contributed by atoms with van der Waals surface area (Å²) in [5.41, 5.74) is 3.78. The number of amides is 3. The molecule has 3 aromatic rings. The van der Waals surface area contributed by atoms with Crippen molar-refractivity contribution in [2.24, 2.45) is 0 Å². The van der Waals surface area contributed by atoms with E-state index in [9.17, 15) is 14.4 Å². The Bertz CT molecular complexity index is 1100. The number of carbonyl (C=O) groups excluding carboxylic acids is 3. The number of fused-ring (bicyclic) bond motifs is 2. The van der Waals surface area contributed by atoms with Gasteiger partial charge in [0.1, 0.15) is 11.9 Å². The molecule has 29 heavy (non-hydrogen) atoms. The Balaban J connectivity index is 1.32. The van der Waals surface area contributed by atoms with Gasteiger partial charge in [-0.15, -0.1) is 0 Å². The standard InChI is InChI=1S/C21H21N5O3/c1-12-6-7-15-17(10-12)24-18(23-15)11-22-19(27)9-8-16-21(29)25-14-5-3-2-4-13(14)20(28)26-16/h2-7,10,16H,8-9,11H2,1H3,(H,22,27)(H,23,24)(H,25,29)(H,26,28)/t16-/m0/s1. The maximum absolute atomic E-state index is 12.4. The van der Waals surface area contributed by atoms with Crippen molar-refractivity contribution in [3.05, 3.63) is 59.4 Å². The number of nitrogens with one attached hydrogen (secondary N) is 4. The number of imidazole rings is 1. The lowest BCUT2D eigenvalue weighted by molar-refractivity contribution is -0.122. The molecule has 0 radical (unpaired) electrons. The maximum atomic E-state index is 12.4. The van der Waals surface area contributed by atoms with Crippen LogP contribution < -0.4 is 16.0 Å². The van der Waals surface area contributed by atoms with Crippen LogP contribution in [0.3, 0.4) is 0 Å². The molecule has 2 aromatic carbocycles. The van der Waals surface area contributed by atoms with Crippen LogP contribution in [-0.4, -0.2) is 33.7 Å². The second-order valence-corrected chi connectivity index (χ2v) is 7.08. The number of H-pyrrole nitrogens is 1. The predicted molar refractivity (Wildman–Crippen MR) is 108 cm³/mol. The molecule has 0 bridgehead atoms. The zero-order chi connectivity index (χ0) is 20.4. The topological polar surface area (TPSA) is 116 Å². The van der Waals surface area contributed by atoms with Gasteiger partial charge < -0.3 is 20.9 Å². The van der Waals surface area contributed by atoms with Gasteiger partial charge in [-0.25, -0.2) is 4.98 Å². The van der Waals surface area contributed by atoms with Gasteiger partial charge in [0.25, 0.3) is 5.91 Å². The third-order valence-electron chi connectivity index (χ3n) is 4.85. The number of para-hydroxylation sites is 1. The third kappa shape index (κ3) is 4.11. The fraction of sp³-hybridized carbons (Fsp3) is 0.238. The molecule has 1 aliphatic rings. The summed E-state index contributed by atoms with van der Waals surface area (Å²) >= 11 is 0. The van der Waals surface area contributed by atoms with E-state index in [0.717, 1.165) is 16.6 Å². The van der Waals surface area contributed by atoms with E-state index in [1.165, 1.54) is 0 Å². The van der Waals surface area contributed by atoms with Gasteiger partial charge >= 0.3 is 0 Å². The van der Waals surface area contributed by atoms with Gasteiger partial charge in [0.05, 0.1) is 28.8 Å². The summed E-state index contributed by atoms with van der Waals surface area (Å²) in [4.78, 5) is 44.5. The molecular weight excluding hydrogens is 370 g/mol. The second-order valence-electron chi connectivity index (χ2n) is 7.08. The van der Waals surface area contributed by atoms with Gasteiger partial charge in [-0.3, -0.25) is 14.4 Å². The summed E-state index contributed by atoms with van der Waals surface area (Å²) < 4.78 is 0. The van der Waals surface area contributed by atoms with Gasteiger partial charge in [-0.1, -0.05) is 18.2 Å². The minimum atomic E-state index is -0.769. The van der Waals surface area contributed by atoms with Gasteiger partial charge in [0, 0.05) is 6.42 Å². The summed E-state index contributed by atoms with van der Waals surface area (Å²) in [5.74, 6) is -0.217. The molecule has 0 saturated carbocycles. The average molecular weight is 391 g/mol. The number of aryl methyl sites for hydroxylation is 1. The highest BCUT2D eigenvalue weighted by molar-refractivity contribution is 6.09. The lowest BCUT2D eigenvalue weighted by atomic mass is 10.1. The first-order valence-electron chi connectivity index (χ1n) is 9.42. The fourth-order valence-electron chi connectivity index (χ4n) is 3.32. The first-order chi connectivity index (χ1) is 14.0. The Hall–Kier alpha value is -3.68. The Morgan fingerprint density at radius 2 is 2.00 bits per heavy atom. The summed E-state index contributed by atoms with van der Waals surface area (Å²) in [6, 6.07) is 11.9. The first-order valence-corrected chi connectivity index (χ1v) is 9.42. The van der Waals surface area contributed by atoms with Gasteiger partial charge in [0.2, 0.25) is 11.8 Å². The molecule has 0 aliphatic carbocycles. The third-order valence-corrected chi connectivity index (χ3v) is 4.85. The Labute approximate surface area is 167 Å². The van der Waals surface area contributed by atoms with E-state index in [1.54, 1.807) is 24.3 Å². The van der Waals surface area contributed by atoms with Crippen molar-refractivity contribution in [3.63, 3.8) is 0 Å². The van der Waals surface area contributed by atoms with Crippen molar-refractivity contribution in [1.82, 2.24) is 20.6 Å². The van der Waals surface area contributed by atoms with E-state index in [2.05, 4.69) is 25.9 Å². The molecule has 8 heteroatoms. The lowest BCUT2D eigenvalue weighted by Gasteiger charge is -2.14. The normalized spacial score (nSPS) is 16.0. The zero-order valence-electron chi connectivity index (χ0n) is 15.9. The largest absolute Gasteiger partial charge is 0.349 e. The van der Waals surface area contributed by atoms with E-state index < -0.39 is 6.04 Å². The highest BCUT2D eigenvalue weighted by Crippen LogP contribution is 2.19. The number of anilines is 1. The molecule has 2 heterocycles. The van der Waals surface area contributed by atoms with Crippen LogP contribution in [0.5, 0.6) is 0 Å². The van der Waals surface area contributed by atoms with E-state index in [4.69, 9.17) is 0 Å². The molecule has 0 spiro atoms. The Kier molecular flexibility index (Phi) is 4.99. The summed E-state index contributed by atoms with van der Waals surface area (Å²) in [5, 5.41) is 8.22. The van der Waals surface area contributed by atoms with Gasteiger partial charge in [-0.05, 0) is 43.2 Å². The van der Waals surface area contributed by atoms with Crippen LogP contribution in [0.2, 0.25) is 0 Å². The van der Waals surface area contributed by atoms with Crippen LogP contribution in [0.15, 0.2) is 42.5 Å². The molecule has 0 unspecified atom stereocenters. The number of aromatic nitrogens is 2. The van der Waals surface area contributed by atoms with Crippen molar-refractivity contribution in [2.45, 2.75) is 32.4 Å². The van der Waals surface area contributed by atoms with Crippen molar-refractivity contribution in [1.29, 1.82) is 0 Å². The summed E-state index contributed by atoms with van der Waals surface area (Å²) in [6.45, 7) is 2.27. The van der Waals surface area contributed by atoms with Gasteiger partial charge in [-0.2, -0.15) is 0 Å². The molecule has 0 saturated heterocycles. The van der Waals surface area contributed by atoms with Crippen LogP contribution >= 0.6 is 0 Å². The number of benzene rings is 2. The average Bonchev–Trinajstić information content (AvgIpc) is 3.06. The summed E-state index contributed by atoms with van der Waals surface area (Å²) in [7, 11) is 0. The highest BCUT2D eigenvalue weighted by Gasteiger charge is 2.27. The number of carbonyl (C=O) groups is 3. The monoisotopic (exact) mass is 391 g/mol. The summed E-state index contributed by atoms with van der Waals surface area (Å²) in [6.07, 6.45) is 0.310. The SMILES string of the molecule is Cc1ccc2nc(CNC(=O)CC[C@@H]3NC(=O)c4ccccc4NC3=O)[nH]c2c1. The van der Waals surface area contributed by atoms with Crippen molar-refractivity contribution < 1.29 is 14.4 Å². The number of hydrogen-bond donors (Lipinski definition) is 4. The van der Waals surface area contributed by atoms with Crippen molar-refractivity contribution in [3.8, 4) is 0 Å². The Morgan fingerprint density at radius 1 is 1.17 bits per heavy atom. The predicted octanol–water partition coefficient (Wildman–Crippen LogP) is 2.02. The first kappa shape index (κ1) is 18.7. The number of hydrogen-bond acceptors (Lipinski definition) is 4. The Morgan fingerprint density at radius 3 is 2.86 bits per heavy atom. The van der Waals surface area contributed by atoms with Gasteiger partial charge in [0.15, 0.2) is 0 Å². The maximum Gasteiger partial charge on any atom is 0.254 e. The number of rotatable bonds is 5. The van der Waals surface area contributed by atoms with Crippen LogP contribution in [0.25, 0.3) is 11.0 Å². The van der Waals surface area contributed by atoms with E-state index in [1.807, 2.05) is 25.1 Å². The minimum absolute atomic E-state index is 0.105. The van der Waals surface area contributed by atoms with Crippen molar-refractivity contribution >= 4 is 34.4 Å². The number of nitrogens with zero attached hydrogens (tertiary/aromatic N) is 1. The quantitative estimate of drug-likeness (QED) is 0.532. The van der Waals surface area contributed by atoms with Crippen LogP contribution in [0.1, 0.15) is 34.6 Å². The number of aromatic amines is 1. The second kappa shape index (κ2) is 7.75. The highest BCUT2D eigenvalue weighted by atomic mass is 16.2.